The number of rotatable bonds is 5. The number of carboxylic acid groups (broad SMARTS) is 1. The highest BCUT2D eigenvalue weighted by molar-refractivity contribution is 9.10. The molecule has 20 heavy (non-hydrogen) atoms. The molecule has 2 rings (SSSR count). The normalized spacial score (nSPS) is 21.9. The molecule has 1 atom stereocenters. The van der Waals surface area contributed by atoms with E-state index in [1.165, 1.54) is 0 Å². The molecule has 2 heterocycles. The van der Waals surface area contributed by atoms with E-state index in [4.69, 9.17) is 9.84 Å². The number of amides is 1. The molecular formula is C13H17BrN2O4. The predicted molar refractivity (Wildman–Crippen MR) is 75.7 cm³/mol. The lowest BCUT2D eigenvalue weighted by Crippen LogP contribution is -2.50. The smallest absolute Gasteiger partial charge is 0.305 e. The predicted octanol–water partition coefficient (Wildman–Crippen LogP) is 1.63. The zero-order chi connectivity index (χ0) is 14.8. The highest BCUT2D eigenvalue weighted by Gasteiger charge is 2.39. The Morgan fingerprint density at radius 2 is 2.35 bits per heavy atom. The fourth-order valence-corrected chi connectivity index (χ4v) is 2.87. The fourth-order valence-electron chi connectivity index (χ4n) is 2.41. The molecule has 2 N–H and O–H groups in total. The Balaban J connectivity index is 2.18. The second kappa shape index (κ2) is 5.97. The first-order chi connectivity index (χ1) is 9.46. The topological polar surface area (TPSA) is 80.6 Å². The van der Waals surface area contributed by atoms with Crippen LogP contribution in [-0.4, -0.2) is 40.3 Å². The molecule has 1 aromatic rings. The minimum atomic E-state index is -0.942. The van der Waals surface area contributed by atoms with Crippen LogP contribution < -0.4 is 5.32 Å². The molecule has 0 saturated carbocycles. The summed E-state index contributed by atoms with van der Waals surface area (Å²) in [5.41, 5.74) is -0.297. The van der Waals surface area contributed by atoms with Gasteiger partial charge >= 0.3 is 5.97 Å². The number of hydrogen-bond acceptors (Lipinski definition) is 3. The van der Waals surface area contributed by atoms with Crippen molar-refractivity contribution in [1.82, 2.24) is 9.88 Å². The summed E-state index contributed by atoms with van der Waals surface area (Å²) in [6, 6.07) is 1.73. The van der Waals surface area contributed by atoms with Gasteiger partial charge in [-0.1, -0.05) is 0 Å². The summed E-state index contributed by atoms with van der Waals surface area (Å²) in [6.07, 6.45) is 2.20. The van der Waals surface area contributed by atoms with Gasteiger partial charge in [0.25, 0.3) is 5.91 Å². The van der Waals surface area contributed by atoms with Gasteiger partial charge in [0.05, 0.1) is 18.6 Å². The molecule has 110 valence electrons. The fraction of sp³-hybridized carbons (Fsp3) is 0.538. The van der Waals surface area contributed by atoms with Crippen molar-refractivity contribution in [2.45, 2.75) is 31.8 Å². The third-order valence-electron chi connectivity index (χ3n) is 3.41. The Morgan fingerprint density at radius 3 is 2.90 bits per heavy atom. The third kappa shape index (κ3) is 3.21. The summed E-state index contributed by atoms with van der Waals surface area (Å²) in [4.78, 5) is 23.4. The quantitative estimate of drug-likeness (QED) is 0.850. The molecule has 1 unspecified atom stereocenters. The number of carbonyl (C=O) groups excluding carboxylic acids is 1. The van der Waals surface area contributed by atoms with Crippen molar-refractivity contribution in [2.75, 3.05) is 13.2 Å². The van der Waals surface area contributed by atoms with Crippen LogP contribution in [0, 0.1) is 0 Å². The van der Waals surface area contributed by atoms with Gasteiger partial charge in [-0.3, -0.25) is 9.59 Å². The molecule has 1 amide bonds. The number of hydrogen-bond donors (Lipinski definition) is 2. The van der Waals surface area contributed by atoms with Gasteiger partial charge in [0, 0.05) is 23.8 Å². The molecule has 0 bridgehead atoms. The molecule has 1 saturated heterocycles. The zero-order valence-electron chi connectivity index (χ0n) is 11.2. The molecule has 1 aliphatic rings. The Kier molecular flexibility index (Phi) is 4.49. The van der Waals surface area contributed by atoms with Crippen molar-refractivity contribution in [3.05, 3.63) is 22.4 Å². The van der Waals surface area contributed by atoms with Gasteiger partial charge in [-0.05, 0) is 35.3 Å². The second-order valence-corrected chi connectivity index (χ2v) is 5.85. The number of ether oxygens (including phenoxy) is 1. The largest absolute Gasteiger partial charge is 0.481 e. The van der Waals surface area contributed by atoms with E-state index in [1.807, 2.05) is 17.7 Å². The lowest BCUT2D eigenvalue weighted by atomic mass is 9.94. The summed E-state index contributed by atoms with van der Waals surface area (Å²) < 4.78 is 7.89. The minimum Gasteiger partial charge on any atom is -0.481 e. The van der Waals surface area contributed by atoms with E-state index in [0.717, 1.165) is 4.47 Å². The van der Waals surface area contributed by atoms with Crippen molar-refractivity contribution in [3.8, 4) is 0 Å². The Bertz CT molecular complexity index is 520. The lowest BCUT2D eigenvalue weighted by Gasteiger charge is -2.27. The molecule has 1 aromatic heterocycles. The van der Waals surface area contributed by atoms with Crippen molar-refractivity contribution in [1.29, 1.82) is 0 Å². The van der Waals surface area contributed by atoms with Gasteiger partial charge < -0.3 is 19.7 Å². The van der Waals surface area contributed by atoms with E-state index >= 15 is 0 Å². The molecule has 0 radical (unpaired) electrons. The summed E-state index contributed by atoms with van der Waals surface area (Å²) >= 11 is 3.34. The van der Waals surface area contributed by atoms with Crippen molar-refractivity contribution in [3.63, 3.8) is 0 Å². The highest BCUT2D eigenvalue weighted by atomic mass is 79.9. The van der Waals surface area contributed by atoms with Crippen LogP contribution in [0.2, 0.25) is 0 Å². The zero-order valence-corrected chi connectivity index (χ0v) is 12.8. The summed E-state index contributed by atoms with van der Waals surface area (Å²) in [7, 11) is 0. The summed E-state index contributed by atoms with van der Waals surface area (Å²) in [5.74, 6) is -1.22. The van der Waals surface area contributed by atoms with Gasteiger partial charge in [0.2, 0.25) is 0 Å². The van der Waals surface area contributed by atoms with Crippen LogP contribution in [0.15, 0.2) is 16.7 Å². The maximum Gasteiger partial charge on any atom is 0.305 e. The third-order valence-corrected chi connectivity index (χ3v) is 3.84. The molecule has 1 aliphatic heterocycles. The molecule has 6 nitrogen and oxygen atoms in total. The van der Waals surface area contributed by atoms with E-state index in [1.54, 1.807) is 6.07 Å². The van der Waals surface area contributed by atoms with Gasteiger partial charge in [-0.15, -0.1) is 0 Å². The number of nitrogens with one attached hydrogen (secondary N) is 1. The number of halogens is 1. The Morgan fingerprint density at radius 1 is 1.60 bits per heavy atom. The van der Waals surface area contributed by atoms with E-state index in [0.29, 0.717) is 25.3 Å². The first kappa shape index (κ1) is 15.1. The second-order valence-electron chi connectivity index (χ2n) is 4.94. The van der Waals surface area contributed by atoms with E-state index in [9.17, 15) is 9.59 Å². The van der Waals surface area contributed by atoms with Gasteiger partial charge in [-0.25, -0.2) is 0 Å². The molecule has 0 spiro atoms. The molecule has 0 aromatic carbocycles. The number of carbonyl (C=O) groups is 2. The number of aryl methyl sites for hydroxylation is 1. The van der Waals surface area contributed by atoms with Crippen LogP contribution in [0.25, 0.3) is 0 Å². The van der Waals surface area contributed by atoms with Crippen LogP contribution in [0.1, 0.15) is 30.3 Å². The minimum absolute atomic E-state index is 0.132. The van der Waals surface area contributed by atoms with Crippen molar-refractivity contribution >= 4 is 27.8 Å². The van der Waals surface area contributed by atoms with Gasteiger partial charge in [0.15, 0.2) is 0 Å². The number of nitrogens with zero attached hydrogens (tertiary/aromatic N) is 1. The van der Waals surface area contributed by atoms with Crippen molar-refractivity contribution in [2.24, 2.45) is 0 Å². The number of carboxylic acids is 1. The maximum atomic E-state index is 12.4. The van der Waals surface area contributed by atoms with Crippen LogP contribution >= 0.6 is 15.9 Å². The van der Waals surface area contributed by atoms with Crippen LogP contribution in [0.5, 0.6) is 0 Å². The Labute approximate surface area is 125 Å². The monoisotopic (exact) mass is 344 g/mol. The molecule has 1 fully saturated rings. The first-order valence-corrected chi connectivity index (χ1v) is 7.23. The van der Waals surface area contributed by atoms with Crippen LogP contribution in [0.4, 0.5) is 0 Å². The SMILES string of the molecule is CCn1cc(Br)cc1C(=O)NC1(CC(=O)O)CCOC1. The van der Waals surface area contributed by atoms with Gasteiger partial charge in [0.1, 0.15) is 5.69 Å². The van der Waals surface area contributed by atoms with E-state index in [-0.39, 0.29) is 18.9 Å². The molecule has 7 heteroatoms. The van der Waals surface area contributed by atoms with E-state index in [2.05, 4.69) is 21.2 Å². The maximum absolute atomic E-state index is 12.4. The summed E-state index contributed by atoms with van der Waals surface area (Å²) in [5, 5.41) is 11.8. The van der Waals surface area contributed by atoms with E-state index < -0.39 is 11.5 Å². The summed E-state index contributed by atoms with van der Waals surface area (Å²) in [6.45, 7) is 3.30. The standard InChI is InChI=1S/C13H17BrN2O4/c1-2-16-7-9(14)5-10(16)12(19)15-13(6-11(17)18)3-4-20-8-13/h5,7H,2-4,6,8H2,1H3,(H,15,19)(H,17,18). The molecular weight excluding hydrogens is 328 g/mol. The lowest BCUT2D eigenvalue weighted by molar-refractivity contribution is -0.138. The van der Waals surface area contributed by atoms with Gasteiger partial charge in [-0.2, -0.15) is 0 Å². The van der Waals surface area contributed by atoms with Crippen LogP contribution in [-0.2, 0) is 16.1 Å². The first-order valence-electron chi connectivity index (χ1n) is 6.43. The highest BCUT2D eigenvalue weighted by Crippen LogP contribution is 2.24. The number of aromatic nitrogens is 1. The Hall–Kier alpha value is -1.34. The molecule has 0 aliphatic carbocycles. The average Bonchev–Trinajstić information content (AvgIpc) is 2.95. The number of aliphatic carboxylic acids is 1. The average molecular weight is 345 g/mol. The van der Waals surface area contributed by atoms with Crippen LogP contribution in [0.3, 0.4) is 0 Å². The van der Waals surface area contributed by atoms with Crippen molar-refractivity contribution < 1.29 is 19.4 Å².